The summed E-state index contributed by atoms with van der Waals surface area (Å²) in [6.07, 6.45) is 2.62. The fourth-order valence-electron chi connectivity index (χ4n) is 2.66. The zero-order chi connectivity index (χ0) is 13.0. The molecule has 0 saturated carbocycles. The maximum absolute atomic E-state index is 11.9. The molecule has 2 aliphatic rings. The first kappa shape index (κ1) is 19.9. The van der Waals surface area contributed by atoms with Crippen LogP contribution in [-0.4, -0.2) is 62.3 Å². The second-order valence-electron chi connectivity index (χ2n) is 5.52. The Kier molecular flexibility index (Phi) is 9.76. The van der Waals surface area contributed by atoms with Crippen LogP contribution in [-0.2, 0) is 9.53 Å². The molecule has 0 bridgehead atoms. The van der Waals surface area contributed by atoms with E-state index >= 15 is 0 Å². The maximum Gasteiger partial charge on any atom is 0.222 e. The first-order chi connectivity index (χ1) is 8.65. The third-order valence-electron chi connectivity index (χ3n) is 3.99. The Labute approximate surface area is 134 Å². The molecule has 2 saturated heterocycles. The van der Waals surface area contributed by atoms with E-state index in [0.717, 1.165) is 32.5 Å². The SMILES string of the molecule is CC1CC(NC(=O)CC2CNCCO2)CCN1C.Cl.Cl. The number of nitrogens with one attached hydrogen (secondary N) is 2. The van der Waals surface area contributed by atoms with E-state index in [1.165, 1.54) is 0 Å². The molecule has 0 spiro atoms. The van der Waals surface area contributed by atoms with Gasteiger partial charge >= 0.3 is 0 Å². The van der Waals surface area contributed by atoms with Crippen molar-refractivity contribution in [2.75, 3.05) is 33.3 Å². The molecule has 2 rings (SSSR count). The van der Waals surface area contributed by atoms with Crippen molar-refractivity contribution in [3.05, 3.63) is 0 Å². The largest absolute Gasteiger partial charge is 0.375 e. The van der Waals surface area contributed by atoms with Gasteiger partial charge in [-0.3, -0.25) is 4.79 Å². The van der Waals surface area contributed by atoms with Crippen molar-refractivity contribution in [3.8, 4) is 0 Å². The van der Waals surface area contributed by atoms with E-state index in [9.17, 15) is 4.79 Å². The van der Waals surface area contributed by atoms with Crippen LogP contribution in [0.25, 0.3) is 0 Å². The number of rotatable bonds is 3. The Morgan fingerprint density at radius 3 is 2.80 bits per heavy atom. The van der Waals surface area contributed by atoms with Crippen LogP contribution in [0.3, 0.4) is 0 Å². The van der Waals surface area contributed by atoms with Crippen LogP contribution in [0.5, 0.6) is 0 Å². The molecular weight excluding hydrogens is 301 g/mol. The molecule has 2 heterocycles. The lowest BCUT2D eigenvalue weighted by molar-refractivity contribution is -0.125. The number of morpholine rings is 1. The van der Waals surface area contributed by atoms with Gasteiger partial charge in [0, 0.05) is 31.7 Å². The molecule has 3 atom stereocenters. The van der Waals surface area contributed by atoms with Gasteiger partial charge in [0.1, 0.15) is 0 Å². The summed E-state index contributed by atoms with van der Waals surface area (Å²) in [5.74, 6) is 0.130. The molecule has 5 nitrogen and oxygen atoms in total. The summed E-state index contributed by atoms with van der Waals surface area (Å²) in [6, 6.07) is 0.886. The molecule has 7 heteroatoms. The van der Waals surface area contributed by atoms with Gasteiger partial charge in [-0.25, -0.2) is 0 Å². The van der Waals surface area contributed by atoms with Gasteiger partial charge in [0.15, 0.2) is 0 Å². The van der Waals surface area contributed by atoms with Crippen molar-refractivity contribution in [1.82, 2.24) is 15.5 Å². The molecule has 2 N–H and O–H groups in total. The molecule has 0 aromatic rings. The van der Waals surface area contributed by atoms with Gasteiger partial charge in [0.25, 0.3) is 0 Å². The van der Waals surface area contributed by atoms with Crippen LogP contribution in [0, 0.1) is 0 Å². The Bertz CT molecular complexity index is 289. The quantitative estimate of drug-likeness (QED) is 0.805. The molecule has 2 aliphatic heterocycles. The Hall–Kier alpha value is -0.0700. The second kappa shape index (κ2) is 9.79. The highest BCUT2D eigenvalue weighted by Gasteiger charge is 2.25. The second-order valence-corrected chi connectivity index (χ2v) is 5.52. The summed E-state index contributed by atoms with van der Waals surface area (Å²) in [5, 5.41) is 6.39. The Morgan fingerprint density at radius 1 is 1.45 bits per heavy atom. The van der Waals surface area contributed by atoms with Crippen LogP contribution in [0.15, 0.2) is 0 Å². The number of amides is 1. The normalized spacial score (nSPS) is 30.8. The first-order valence-corrected chi connectivity index (χ1v) is 6.97. The van der Waals surface area contributed by atoms with Gasteiger partial charge in [-0.05, 0) is 26.8 Å². The summed E-state index contributed by atoms with van der Waals surface area (Å²) < 4.78 is 5.54. The Balaban J connectivity index is 0.00000180. The van der Waals surface area contributed by atoms with Crippen LogP contribution < -0.4 is 10.6 Å². The van der Waals surface area contributed by atoms with Crippen molar-refractivity contribution >= 4 is 30.7 Å². The lowest BCUT2D eigenvalue weighted by atomic mass is 9.98. The van der Waals surface area contributed by atoms with Gasteiger partial charge in [-0.15, -0.1) is 24.8 Å². The van der Waals surface area contributed by atoms with Crippen LogP contribution in [0.2, 0.25) is 0 Å². The summed E-state index contributed by atoms with van der Waals surface area (Å²) in [4.78, 5) is 14.3. The number of carbonyl (C=O) groups is 1. The highest BCUT2D eigenvalue weighted by Crippen LogP contribution is 2.15. The van der Waals surface area contributed by atoms with Gasteiger partial charge in [0.05, 0.1) is 19.1 Å². The van der Waals surface area contributed by atoms with E-state index in [-0.39, 0.29) is 36.8 Å². The third kappa shape index (κ3) is 6.14. The monoisotopic (exact) mass is 327 g/mol. The number of carbonyl (C=O) groups excluding carboxylic acids is 1. The lowest BCUT2D eigenvalue weighted by Gasteiger charge is -2.35. The fraction of sp³-hybridized carbons (Fsp3) is 0.923. The minimum Gasteiger partial charge on any atom is -0.375 e. The molecule has 2 fully saturated rings. The molecule has 0 aliphatic carbocycles. The summed E-state index contributed by atoms with van der Waals surface area (Å²) in [5.41, 5.74) is 0. The van der Waals surface area contributed by atoms with Crippen molar-refractivity contribution in [2.45, 2.75) is 44.4 Å². The van der Waals surface area contributed by atoms with Crippen molar-refractivity contribution in [1.29, 1.82) is 0 Å². The minimum absolute atomic E-state index is 0. The van der Waals surface area contributed by atoms with Gasteiger partial charge < -0.3 is 20.3 Å². The predicted octanol–water partition coefficient (Wildman–Crippen LogP) is 0.807. The summed E-state index contributed by atoms with van der Waals surface area (Å²) >= 11 is 0. The van der Waals surface area contributed by atoms with E-state index < -0.39 is 0 Å². The van der Waals surface area contributed by atoms with E-state index in [4.69, 9.17) is 4.74 Å². The number of ether oxygens (including phenoxy) is 1. The molecule has 1 amide bonds. The molecule has 0 radical (unpaired) electrons. The lowest BCUT2D eigenvalue weighted by Crippen LogP contribution is -2.48. The number of likely N-dealkylation sites (tertiary alicyclic amines) is 1. The number of nitrogens with zero attached hydrogens (tertiary/aromatic N) is 1. The number of halogens is 2. The van der Waals surface area contributed by atoms with Crippen molar-refractivity contribution in [3.63, 3.8) is 0 Å². The number of hydrogen-bond acceptors (Lipinski definition) is 4. The van der Waals surface area contributed by atoms with Crippen LogP contribution in [0.4, 0.5) is 0 Å². The maximum atomic E-state index is 11.9. The van der Waals surface area contributed by atoms with Crippen molar-refractivity contribution in [2.24, 2.45) is 0 Å². The predicted molar refractivity (Wildman–Crippen MR) is 85.0 cm³/mol. The molecule has 3 unspecified atom stereocenters. The first-order valence-electron chi connectivity index (χ1n) is 6.97. The van der Waals surface area contributed by atoms with Gasteiger partial charge in [0.2, 0.25) is 5.91 Å². The standard InChI is InChI=1S/C13H25N3O2.2ClH/c1-10-7-11(3-5-16(10)2)15-13(17)8-12-9-14-4-6-18-12;;/h10-12,14H,3-9H2,1-2H3,(H,15,17);2*1H. The van der Waals surface area contributed by atoms with E-state index in [1.54, 1.807) is 0 Å². The highest BCUT2D eigenvalue weighted by atomic mass is 35.5. The number of piperidine rings is 1. The molecule has 20 heavy (non-hydrogen) atoms. The molecule has 0 aromatic heterocycles. The molecular formula is C13H27Cl2N3O2. The van der Waals surface area contributed by atoms with E-state index in [0.29, 0.717) is 25.1 Å². The average molecular weight is 328 g/mol. The van der Waals surface area contributed by atoms with E-state index in [1.807, 2.05) is 0 Å². The zero-order valence-electron chi connectivity index (χ0n) is 12.3. The smallest absolute Gasteiger partial charge is 0.222 e. The molecule has 120 valence electrons. The molecule has 0 aromatic carbocycles. The topological polar surface area (TPSA) is 53.6 Å². The highest BCUT2D eigenvalue weighted by molar-refractivity contribution is 5.85. The fourth-order valence-corrected chi connectivity index (χ4v) is 2.66. The van der Waals surface area contributed by atoms with Gasteiger partial charge in [-0.1, -0.05) is 0 Å². The van der Waals surface area contributed by atoms with Crippen molar-refractivity contribution < 1.29 is 9.53 Å². The third-order valence-corrected chi connectivity index (χ3v) is 3.99. The van der Waals surface area contributed by atoms with E-state index in [2.05, 4.69) is 29.5 Å². The average Bonchev–Trinajstić information content (AvgIpc) is 2.35. The van der Waals surface area contributed by atoms with Gasteiger partial charge in [-0.2, -0.15) is 0 Å². The minimum atomic E-state index is 0. The number of hydrogen-bond donors (Lipinski definition) is 2. The van der Waals surface area contributed by atoms with Crippen LogP contribution in [0.1, 0.15) is 26.2 Å². The summed E-state index contributed by atoms with van der Waals surface area (Å²) in [7, 11) is 2.14. The Morgan fingerprint density at radius 2 is 2.20 bits per heavy atom. The summed E-state index contributed by atoms with van der Waals surface area (Å²) in [6.45, 7) is 5.67. The zero-order valence-corrected chi connectivity index (χ0v) is 13.9. The van der Waals surface area contributed by atoms with Crippen LogP contribution >= 0.6 is 24.8 Å².